The van der Waals surface area contributed by atoms with Crippen LogP contribution in [0.4, 0.5) is 0 Å². The van der Waals surface area contributed by atoms with Crippen LogP contribution in [0, 0.1) is 5.41 Å². The Balaban J connectivity index is 1.93. The Morgan fingerprint density at radius 1 is 1.19 bits per heavy atom. The van der Waals surface area contributed by atoms with Crippen LogP contribution >= 0.6 is 0 Å². The predicted octanol–water partition coefficient (Wildman–Crippen LogP) is 2.62. The highest BCUT2D eigenvalue weighted by atomic mass is 16.3. The first kappa shape index (κ1) is 10.3. The van der Waals surface area contributed by atoms with Gasteiger partial charge in [-0.05, 0) is 48.3 Å². The lowest BCUT2D eigenvalue weighted by molar-refractivity contribution is 0.201. The van der Waals surface area contributed by atoms with E-state index in [0.717, 1.165) is 12.1 Å². The van der Waals surface area contributed by atoms with E-state index in [0.29, 0.717) is 5.41 Å². The van der Waals surface area contributed by atoms with Crippen LogP contribution in [0.1, 0.15) is 48.9 Å². The molecule has 2 aliphatic rings. The zero-order chi connectivity index (χ0) is 11.0. The third-order valence-corrected chi connectivity index (χ3v) is 4.42. The van der Waals surface area contributed by atoms with E-state index in [1.807, 2.05) is 6.20 Å². The Bertz CT molecular complexity index is 394. The lowest BCUT2D eigenvalue weighted by atomic mass is 9.72. The zero-order valence-electron chi connectivity index (χ0n) is 9.71. The predicted molar refractivity (Wildman–Crippen MR) is 63.1 cm³/mol. The molecule has 1 spiro atoms. The highest BCUT2D eigenvalue weighted by Gasteiger charge is 2.38. The molecule has 0 saturated heterocycles. The molecule has 2 nitrogen and oxygen atoms in total. The van der Waals surface area contributed by atoms with Crippen molar-refractivity contribution >= 4 is 0 Å². The highest BCUT2D eigenvalue weighted by Crippen LogP contribution is 2.47. The maximum absolute atomic E-state index is 9.33. The van der Waals surface area contributed by atoms with Gasteiger partial charge in [-0.2, -0.15) is 0 Å². The summed E-state index contributed by atoms with van der Waals surface area (Å²) < 4.78 is 0. The van der Waals surface area contributed by atoms with Gasteiger partial charge in [0.25, 0.3) is 0 Å². The molecule has 0 radical (unpaired) electrons. The fourth-order valence-electron chi connectivity index (χ4n) is 3.60. The summed E-state index contributed by atoms with van der Waals surface area (Å²) in [5, 5.41) is 9.33. The van der Waals surface area contributed by atoms with Gasteiger partial charge in [0.2, 0.25) is 0 Å². The minimum atomic E-state index is 0.0965. The van der Waals surface area contributed by atoms with Gasteiger partial charge in [0.15, 0.2) is 0 Å². The number of fused-ring (bicyclic) bond motifs is 1. The van der Waals surface area contributed by atoms with Gasteiger partial charge in [-0.25, -0.2) is 0 Å². The molecule has 3 rings (SSSR count). The van der Waals surface area contributed by atoms with Crippen LogP contribution in [-0.4, -0.2) is 10.1 Å². The van der Waals surface area contributed by atoms with Crippen LogP contribution in [-0.2, 0) is 19.4 Å². The first-order valence-electron chi connectivity index (χ1n) is 6.39. The molecule has 1 aromatic rings. The molecule has 1 fully saturated rings. The van der Waals surface area contributed by atoms with E-state index >= 15 is 0 Å². The highest BCUT2D eigenvalue weighted by molar-refractivity contribution is 5.37. The largest absolute Gasteiger partial charge is 0.390 e. The lowest BCUT2D eigenvalue weighted by Gasteiger charge is -2.33. The smallest absolute Gasteiger partial charge is 0.0855 e. The summed E-state index contributed by atoms with van der Waals surface area (Å²) in [5.74, 6) is 0. The van der Waals surface area contributed by atoms with Gasteiger partial charge in [0.1, 0.15) is 0 Å². The van der Waals surface area contributed by atoms with Crippen molar-refractivity contribution in [2.24, 2.45) is 5.41 Å². The summed E-state index contributed by atoms with van der Waals surface area (Å²) in [6, 6.07) is 2.15. The summed E-state index contributed by atoms with van der Waals surface area (Å²) in [5.41, 5.74) is 4.24. The molecule has 16 heavy (non-hydrogen) atoms. The number of rotatable bonds is 1. The summed E-state index contributed by atoms with van der Waals surface area (Å²) >= 11 is 0. The van der Waals surface area contributed by atoms with E-state index in [4.69, 9.17) is 0 Å². The number of aromatic nitrogens is 1. The van der Waals surface area contributed by atoms with E-state index in [1.165, 1.54) is 49.7 Å². The Kier molecular flexibility index (Phi) is 2.47. The lowest BCUT2D eigenvalue weighted by Crippen LogP contribution is -2.24. The van der Waals surface area contributed by atoms with Crippen LogP contribution in [0.3, 0.4) is 0 Å². The molecule has 2 heteroatoms. The van der Waals surface area contributed by atoms with E-state index in [9.17, 15) is 5.11 Å². The molecule has 1 heterocycles. The molecule has 0 bridgehead atoms. The molecule has 0 aromatic carbocycles. The van der Waals surface area contributed by atoms with E-state index in [2.05, 4.69) is 11.1 Å². The number of hydrogen-bond donors (Lipinski definition) is 1. The van der Waals surface area contributed by atoms with Crippen molar-refractivity contribution in [1.29, 1.82) is 0 Å². The van der Waals surface area contributed by atoms with Crippen LogP contribution in [0.5, 0.6) is 0 Å². The maximum Gasteiger partial charge on any atom is 0.0855 e. The quantitative estimate of drug-likeness (QED) is 0.784. The molecule has 0 unspecified atom stereocenters. The monoisotopic (exact) mass is 217 g/mol. The fraction of sp³-hybridized carbons (Fsp3) is 0.643. The average molecular weight is 217 g/mol. The van der Waals surface area contributed by atoms with Crippen molar-refractivity contribution in [3.63, 3.8) is 0 Å². The molecule has 0 atom stereocenters. The normalized spacial score (nSPS) is 22.3. The summed E-state index contributed by atoms with van der Waals surface area (Å²) in [6.45, 7) is 0.0965. The van der Waals surface area contributed by atoms with Gasteiger partial charge in [-0.3, -0.25) is 4.98 Å². The van der Waals surface area contributed by atoms with Crippen molar-refractivity contribution in [3.8, 4) is 0 Å². The maximum atomic E-state index is 9.33. The Labute approximate surface area is 96.7 Å². The van der Waals surface area contributed by atoms with Crippen molar-refractivity contribution in [2.45, 2.75) is 51.6 Å². The number of nitrogens with zero attached hydrogens (tertiary/aromatic N) is 1. The standard InChI is InChI=1S/C14H19NO/c16-10-13-12-9-14(5-2-1-3-6-14)8-11(12)4-7-15-13/h4,7,16H,1-3,5-6,8-10H2. The molecule has 2 aliphatic carbocycles. The van der Waals surface area contributed by atoms with E-state index in [1.54, 1.807) is 0 Å². The molecular formula is C14H19NO. The van der Waals surface area contributed by atoms with Crippen LogP contribution < -0.4 is 0 Å². The first-order chi connectivity index (χ1) is 7.83. The Morgan fingerprint density at radius 2 is 2.00 bits per heavy atom. The second kappa shape index (κ2) is 3.85. The minimum Gasteiger partial charge on any atom is -0.390 e. The first-order valence-corrected chi connectivity index (χ1v) is 6.39. The molecular weight excluding hydrogens is 198 g/mol. The number of aliphatic hydroxyl groups is 1. The van der Waals surface area contributed by atoms with Gasteiger partial charge >= 0.3 is 0 Å². The van der Waals surface area contributed by atoms with Crippen LogP contribution in [0.25, 0.3) is 0 Å². The number of aliphatic hydroxyl groups excluding tert-OH is 1. The van der Waals surface area contributed by atoms with Crippen molar-refractivity contribution in [3.05, 3.63) is 29.1 Å². The Morgan fingerprint density at radius 3 is 2.75 bits per heavy atom. The average Bonchev–Trinajstić information content (AvgIpc) is 2.67. The van der Waals surface area contributed by atoms with Gasteiger partial charge in [-0.1, -0.05) is 19.3 Å². The van der Waals surface area contributed by atoms with Crippen LogP contribution in [0.2, 0.25) is 0 Å². The summed E-state index contributed by atoms with van der Waals surface area (Å²) in [7, 11) is 0. The molecule has 1 N–H and O–H groups in total. The SMILES string of the molecule is OCc1nccc2c1CC1(CCCCC1)C2. The number of pyridine rings is 1. The minimum absolute atomic E-state index is 0.0965. The molecule has 1 saturated carbocycles. The van der Waals surface area contributed by atoms with Gasteiger partial charge < -0.3 is 5.11 Å². The van der Waals surface area contributed by atoms with Gasteiger partial charge in [0.05, 0.1) is 12.3 Å². The Hall–Kier alpha value is -0.890. The zero-order valence-corrected chi connectivity index (χ0v) is 9.71. The molecule has 1 aromatic heterocycles. The molecule has 0 aliphatic heterocycles. The second-order valence-corrected chi connectivity index (χ2v) is 5.47. The van der Waals surface area contributed by atoms with Gasteiger partial charge in [-0.15, -0.1) is 0 Å². The van der Waals surface area contributed by atoms with Crippen molar-refractivity contribution in [2.75, 3.05) is 0 Å². The third kappa shape index (κ3) is 1.56. The third-order valence-electron chi connectivity index (χ3n) is 4.42. The van der Waals surface area contributed by atoms with E-state index < -0.39 is 0 Å². The van der Waals surface area contributed by atoms with Gasteiger partial charge in [0, 0.05) is 6.20 Å². The summed E-state index contributed by atoms with van der Waals surface area (Å²) in [4.78, 5) is 4.30. The molecule has 0 amide bonds. The van der Waals surface area contributed by atoms with Crippen molar-refractivity contribution in [1.82, 2.24) is 4.98 Å². The molecule has 86 valence electrons. The number of hydrogen-bond acceptors (Lipinski definition) is 2. The van der Waals surface area contributed by atoms with Crippen LogP contribution in [0.15, 0.2) is 12.3 Å². The topological polar surface area (TPSA) is 33.1 Å². The van der Waals surface area contributed by atoms with E-state index in [-0.39, 0.29) is 6.61 Å². The fourth-order valence-corrected chi connectivity index (χ4v) is 3.60. The van der Waals surface area contributed by atoms with Crippen molar-refractivity contribution < 1.29 is 5.11 Å². The summed E-state index contributed by atoms with van der Waals surface area (Å²) in [6.07, 6.45) is 11.1. The second-order valence-electron chi connectivity index (χ2n) is 5.47.